The molecule has 1 amide bonds. The van der Waals surface area contributed by atoms with Gasteiger partial charge < -0.3 is 5.32 Å². The molecule has 0 aliphatic rings. The topological polar surface area (TPSA) is 65.8 Å². The van der Waals surface area contributed by atoms with Gasteiger partial charge in [-0.05, 0) is 29.7 Å². The molecule has 0 bridgehead atoms. The Balaban J connectivity index is 2.21. The number of para-hydroxylation sites is 1. The van der Waals surface area contributed by atoms with E-state index < -0.39 is 0 Å². The molecule has 0 atom stereocenters. The highest BCUT2D eigenvalue weighted by Gasteiger charge is 2.11. The van der Waals surface area contributed by atoms with Crippen LogP contribution in [0.25, 0.3) is 0 Å². The molecule has 1 N–H and O–H groups in total. The molecule has 0 saturated carbocycles. The first-order valence-corrected chi connectivity index (χ1v) is 6.38. The third kappa shape index (κ3) is 3.01. The van der Waals surface area contributed by atoms with Gasteiger partial charge in [0.15, 0.2) is 0 Å². The van der Waals surface area contributed by atoms with E-state index in [1.54, 1.807) is 6.07 Å². The average Bonchev–Trinajstić information content (AvgIpc) is 2.47. The molecule has 0 fully saturated rings. The summed E-state index contributed by atoms with van der Waals surface area (Å²) in [6.45, 7) is 4.16. The van der Waals surface area contributed by atoms with Crippen molar-refractivity contribution in [1.82, 2.24) is 4.98 Å². The van der Waals surface area contributed by atoms with E-state index in [-0.39, 0.29) is 5.91 Å². The van der Waals surface area contributed by atoms with E-state index in [1.165, 1.54) is 12.3 Å². The van der Waals surface area contributed by atoms with Gasteiger partial charge in [-0.3, -0.25) is 4.79 Å². The van der Waals surface area contributed by atoms with Gasteiger partial charge in [0.1, 0.15) is 11.8 Å². The lowest BCUT2D eigenvalue weighted by Gasteiger charge is -2.13. The average molecular weight is 265 g/mol. The van der Waals surface area contributed by atoms with Crippen LogP contribution in [0.3, 0.4) is 0 Å². The number of nitrogens with zero attached hydrogens (tertiary/aromatic N) is 2. The van der Waals surface area contributed by atoms with Crippen molar-refractivity contribution in [3.05, 3.63) is 59.4 Å². The summed E-state index contributed by atoms with van der Waals surface area (Å²) < 4.78 is 0. The van der Waals surface area contributed by atoms with Gasteiger partial charge in [0.25, 0.3) is 5.91 Å². The molecule has 2 rings (SSSR count). The van der Waals surface area contributed by atoms with E-state index in [1.807, 2.05) is 30.3 Å². The fourth-order valence-corrected chi connectivity index (χ4v) is 1.90. The molecule has 1 heterocycles. The molecule has 0 spiro atoms. The quantitative estimate of drug-likeness (QED) is 0.925. The maximum Gasteiger partial charge on any atom is 0.257 e. The number of pyridine rings is 1. The lowest BCUT2D eigenvalue weighted by atomic mass is 10.0. The standard InChI is InChI=1S/C16H15N3O/c1-11(2)14-5-3-4-6-15(14)19-16(20)12-7-8-13(9-17)18-10-12/h3-8,10-11H,1-2H3,(H,19,20). The van der Waals surface area contributed by atoms with Crippen LogP contribution in [0.5, 0.6) is 0 Å². The number of carbonyl (C=O) groups is 1. The van der Waals surface area contributed by atoms with Crippen molar-refractivity contribution >= 4 is 11.6 Å². The number of hydrogen-bond donors (Lipinski definition) is 1. The van der Waals surface area contributed by atoms with E-state index >= 15 is 0 Å². The summed E-state index contributed by atoms with van der Waals surface area (Å²) in [5, 5.41) is 11.6. The first-order chi connectivity index (χ1) is 9.61. The molecular weight excluding hydrogens is 250 g/mol. The zero-order chi connectivity index (χ0) is 14.5. The minimum absolute atomic E-state index is 0.227. The Labute approximate surface area is 118 Å². The van der Waals surface area contributed by atoms with Crippen molar-refractivity contribution in [2.24, 2.45) is 0 Å². The van der Waals surface area contributed by atoms with Gasteiger partial charge in [-0.15, -0.1) is 0 Å². The van der Waals surface area contributed by atoms with Crippen molar-refractivity contribution in [2.75, 3.05) is 5.32 Å². The number of nitrogens with one attached hydrogen (secondary N) is 1. The van der Waals surface area contributed by atoms with Gasteiger partial charge in [-0.2, -0.15) is 5.26 Å². The first-order valence-electron chi connectivity index (χ1n) is 6.38. The van der Waals surface area contributed by atoms with E-state index in [2.05, 4.69) is 24.1 Å². The summed E-state index contributed by atoms with van der Waals surface area (Å²) in [7, 11) is 0. The van der Waals surface area contributed by atoms with Crippen molar-refractivity contribution in [1.29, 1.82) is 5.26 Å². The molecule has 1 aromatic heterocycles. The monoisotopic (exact) mass is 265 g/mol. The smallest absolute Gasteiger partial charge is 0.257 e. The summed E-state index contributed by atoms with van der Waals surface area (Å²) in [6, 6.07) is 12.8. The van der Waals surface area contributed by atoms with Gasteiger partial charge in [0.2, 0.25) is 0 Å². The number of carbonyl (C=O) groups excluding carboxylic acids is 1. The molecule has 1 aromatic carbocycles. The minimum atomic E-state index is -0.227. The Morgan fingerprint density at radius 1 is 1.25 bits per heavy atom. The summed E-state index contributed by atoms with van der Waals surface area (Å²) in [5.74, 6) is 0.0979. The highest BCUT2D eigenvalue weighted by atomic mass is 16.1. The summed E-state index contributed by atoms with van der Waals surface area (Å²) in [4.78, 5) is 16.0. The van der Waals surface area contributed by atoms with Crippen LogP contribution in [0.4, 0.5) is 5.69 Å². The SMILES string of the molecule is CC(C)c1ccccc1NC(=O)c1ccc(C#N)nc1. The highest BCUT2D eigenvalue weighted by molar-refractivity contribution is 6.04. The van der Waals surface area contributed by atoms with Gasteiger partial charge >= 0.3 is 0 Å². The van der Waals surface area contributed by atoms with Crippen LogP contribution in [-0.2, 0) is 0 Å². The molecule has 0 aliphatic heterocycles. The molecule has 0 aliphatic carbocycles. The van der Waals surface area contributed by atoms with Crippen molar-refractivity contribution in [3.8, 4) is 6.07 Å². The molecule has 4 nitrogen and oxygen atoms in total. The molecule has 0 radical (unpaired) electrons. The van der Waals surface area contributed by atoms with Crippen LogP contribution in [0.2, 0.25) is 0 Å². The maximum absolute atomic E-state index is 12.2. The zero-order valence-corrected chi connectivity index (χ0v) is 11.4. The van der Waals surface area contributed by atoms with Gasteiger partial charge in [-0.1, -0.05) is 32.0 Å². The minimum Gasteiger partial charge on any atom is -0.322 e. The van der Waals surface area contributed by atoms with Gasteiger partial charge in [-0.25, -0.2) is 4.98 Å². The fourth-order valence-electron chi connectivity index (χ4n) is 1.90. The van der Waals surface area contributed by atoms with Crippen LogP contribution >= 0.6 is 0 Å². The second-order valence-corrected chi connectivity index (χ2v) is 4.74. The predicted octanol–water partition coefficient (Wildman–Crippen LogP) is 3.33. The number of rotatable bonds is 3. The van der Waals surface area contributed by atoms with Crippen molar-refractivity contribution < 1.29 is 4.79 Å². The van der Waals surface area contributed by atoms with Gasteiger partial charge in [0.05, 0.1) is 5.56 Å². The molecular formula is C16H15N3O. The van der Waals surface area contributed by atoms with Crippen molar-refractivity contribution in [2.45, 2.75) is 19.8 Å². The lowest BCUT2D eigenvalue weighted by Crippen LogP contribution is -2.14. The third-order valence-electron chi connectivity index (χ3n) is 2.97. The Hall–Kier alpha value is -2.67. The molecule has 4 heteroatoms. The second kappa shape index (κ2) is 5.98. The van der Waals surface area contributed by atoms with E-state index in [4.69, 9.17) is 5.26 Å². The Morgan fingerprint density at radius 3 is 2.60 bits per heavy atom. The number of nitriles is 1. The van der Waals surface area contributed by atoms with Crippen LogP contribution in [0.15, 0.2) is 42.6 Å². The molecule has 100 valence electrons. The molecule has 0 saturated heterocycles. The Morgan fingerprint density at radius 2 is 2.00 bits per heavy atom. The van der Waals surface area contributed by atoms with Crippen LogP contribution in [0.1, 0.15) is 41.4 Å². The largest absolute Gasteiger partial charge is 0.322 e. The number of amides is 1. The van der Waals surface area contributed by atoms with Crippen LogP contribution in [0, 0.1) is 11.3 Å². The fraction of sp³-hybridized carbons (Fsp3) is 0.188. The van der Waals surface area contributed by atoms with Gasteiger partial charge in [0, 0.05) is 11.9 Å². The number of anilines is 1. The summed E-state index contributed by atoms with van der Waals surface area (Å²) in [6.07, 6.45) is 1.41. The number of aromatic nitrogens is 1. The molecule has 20 heavy (non-hydrogen) atoms. The Bertz CT molecular complexity index is 654. The first kappa shape index (κ1) is 13.8. The predicted molar refractivity (Wildman–Crippen MR) is 77.4 cm³/mol. The number of hydrogen-bond acceptors (Lipinski definition) is 3. The zero-order valence-electron chi connectivity index (χ0n) is 11.4. The van der Waals surface area contributed by atoms with E-state index in [9.17, 15) is 4.79 Å². The maximum atomic E-state index is 12.2. The van der Waals surface area contributed by atoms with Crippen molar-refractivity contribution in [3.63, 3.8) is 0 Å². The van der Waals surface area contributed by atoms with Crippen LogP contribution < -0.4 is 5.32 Å². The van der Waals surface area contributed by atoms with E-state index in [0.29, 0.717) is 17.2 Å². The lowest BCUT2D eigenvalue weighted by molar-refractivity contribution is 0.102. The molecule has 2 aromatic rings. The third-order valence-corrected chi connectivity index (χ3v) is 2.97. The number of benzene rings is 1. The highest BCUT2D eigenvalue weighted by Crippen LogP contribution is 2.24. The Kier molecular flexibility index (Phi) is 4.11. The normalized spacial score (nSPS) is 10.1. The second-order valence-electron chi connectivity index (χ2n) is 4.74. The van der Waals surface area contributed by atoms with E-state index in [0.717, 1.165) is 11.3 Å². The molecule has 0 unspecified atom stereocenters. The summed E-state index contributed by atoms with van der Waals surface area (Å²) in [5.41, 5.74) is 2.62. The summed E-state index contributed by atoms with van der Waals surface area (Å²) >= 11 is 0. The van der Waals surface area contributed by atoms with Crippen LogP contribution in [-0.4, -0.2) is 10.9 Å².